The van der Waals surface area contributed by atoms with E-state index in [1.807, 2.05) is 0 Å². The zero-order chi connectivity index (χ0) is 31.4. The van der Waals surface area contributed by atoms with E-state index in [4.69, 9.17) is 12.8 Å². The van der Waals surface area contributed by atoms with Crippen molar-refractivity contribution in [1.82, 2.24) is 0 Å². The van der Waals surface area contributed by atoms with Crippen LogP contribution in [0, 0.1) is 24.7 Å². The van der Waals surface area contributed by atoms with Gasteiger partial charge in [-0.15, -0.1) is 12.8 Å². The van der Waals surface area contributed by atoms with Crippen LogP contribution in [0.1, 0.15) is 74.7 Å². The molecule has 3 N–H and O–H groups in total. The normalized spacial score (nSPS) is 15.1. The highest BCUT2D eigenvalue weighted by atomic mass is 16.4. The number of aromatic carboxylic acids is 2. The molecule has 212 valence electrons. The fraction of sp³-hybridized carbons (Fsp3) is 0.0294. The summed E-state index contributed by atoms with van der Waals surface area (Å²) in [5, 5.41) is 29.9. The monoisotopic (exact) mass is 582 g/mol. The number of hydrogen-bond donors (Lipinski definition) is 3. The molecule has 2 aliphatic rings. The summed E-state index contributed by atoms with van der Waals surface area (Å²) in [4.78, 5) is 65.2. The van der Waals surface area contributed by atoms with Crippen molar-refractivity contribution in [2.75, 3.05) is 9.80 Å². The third kappa shape index (κ3) is 4.27. The van der Waals surface area contributed by atoms with E-state index in [0.717, 1.165) is 9.80 Å². The number of aliphatic hydroxyl groups excluding tert-OH is 1. The number of hydrogen-bond acceptors (Lipinski definition) is 6. The van der Waals surface area contributed by atoms with Crippen molar-refractivity contribution >= 4 is 41.0 Å². The molecule has 0 aromatic heterocycles. The van der Waals surface area contributed by atoms with Gasteiger partial charge in [0.1, 0.15) is 0 Å². The first kappa shape index (κ1) is 27.7. The smallest absolute Gasteiger partial charge is 0.335 e. The minimum absolute atomic E-state index is 0.0165. The Labute approximate surface area is 249 Å². The van der Waals surface area contributed by atoms with Gasteiger partial charge in [-0.2, -0.15) is 0 Å². The molecule has 0 saturated carbocycles. The first-order chi connectivity index (χ1) is 21.0. The summed E-state index contributed by atoms with van der Waals surface area (Å²) in [5.74, 6) is 0.217. The molecular weight excluding hydrogens is 564 g/mol. The second kappa shape index (κ2) is 10.1. The maximum atomic E-state index is 13.5. The average Bonchev–Trinajstić information content (AvgIpc) is 3.43. The Balaban J connectivity index is 1.36. The minimum atomic E-state index is -1.41. The van der Waals surface area contributed by atoms with Crippen molar-refractivity contribution in [2.45, 2.75) is 6.23 Å². The van der Waals surface area contributed by atoms with E-state index in [1.165, 1.54) is 54.6 Å². The van der Waals surface area contributed by atoms with Gasteiger partial charge in [-0.1, -0.05) is 30.0 Å². The van der Waals surface area contributed by atoms with Crippen molar-refractivity contribution in [2.24, 2.45) is 0 Å². The number of carboxylic acid groups (broad SMARTS) is 2. The molecule has 2 aliphatic heterocycles. The molecule has 1 unspecified atom stereocenters. The molecule has 0 radical (unpaired) electrons. The largest absolute Gasteiger partial charge is 0.478 e. The van der Waals surface area contributed by atoms with E-state index in [1.54, 1.807) is 18.2 Å². The molecule has 6 rings (SSSR count). The SMILES string of the molecule is C#Cc1cc(C(=O)O)cc(N2C(=O)c3ccc(-c4ccc5c(c4)C(=O)N(c4cc(C#C)cc(C(=O)O)c4)C5O)cc3C2=O)c1. The number of terminal acetylenes is 2. The van der Waals surface area contributed by atoms with Crippen molar-refractivity contribution in [3.05, 3.63) is 117 Å². The molecule has 0 aliphatic carbocycles. The Morgan fingerprint density at radius 2 is 1.16 bits per heavy atom. The third-order valence-corrected chi connectivity index (χ3v) is 7.44. The lowest BCUT2D eigenvalue weighted by atomic mass is 9.97. The van der Waals surface area contributed by atoms with Crippen molar-refractivity contribution in [1.29, 1.82) is 0 Å². The van der Waals surface area contributed by atoms with E-state index in [9.17, 15) is 39.3 Å². The number of carboxylic acids is 2. The van der Waals surface area contributed by atoms with Gasteiger partial charge in [0.25, 0.3) is 17.7 Å². The molecular formula is C34H18N2O8. The zero-order valence-corrected chi connectivity index (χ0v) is 22.4. The topological polar surface area (TPSA) is 153 Å². The van der Waals surface area contributed by atoms with Crippen LogP contribution in [0.15, 0.2) is 72.8 Å². The highest BCUT2D eigenvalue weighted by Crippen LogP contribution is 2.39. The van der Waals surface area contributed by atoms with Gasteiger partial charge >= 0.3 is 11.9 Å². The van der Waals surface area contributed by atoms with Gasteiger partial charge in [0.2, 0.25) is 0 Å². The van der Waals surface area contributed by atoms with Crippen molar-refractivity contribution in [3.63, 3.8) is 0 Å². The molecule has 10 nitrogen and oxygen atoms in total. The van der Waals surface area contributed by atoms with Crippen LogP contribution in [0.4, 0.5) is 11.4 Å². The van der Waals surface area contributed by atoms with E-state index in [0.29, 0.717) is 11.1 Å². The van der Waals surface area contributed by atoms with Gasteiger partial charge in [-0.05, 0) is 65.7 Å². The number of nitrogens with zero attached hydrogens (tertiary/aromatic N) is 2. The van der Waals surface area contributed by atoms with Gasteiger partial charge in [-0.3, -0.25) is 19.3 Å². The molecule has 0 spiro atoms. The number of carbonyl (C=O) groups excluding carboxylic acids is 3. The molecule has 2 heterocycles. The molecule has 4 aromatic rings. The Morgan fingerprint density at radius 3 is 1.75 bits per heavy atom. The van der Waals surface area contributed by atoms with Gasteiger partial charge in [-0.25, -0.2) is 14.5 Å². The summed E-state index contributed by atoms with van der Waals surface area (Å²) < 4.78 is 0. The molecule has 44 heavy (non-hydrogen) atoms. The average molecular weight is 583 g/mol. The Kier molecular flexibility index (Phi) is 6.35. The van der Waals surface area contributed by atoms with Crippen LogP contribution in [-0.4, -0.2) is 45.0 Å². The number of imide groups is 1. The number of anilines is 2. The van der Waals surface area contributed by atoms with Crippen LogP contribution in [0.5, 0.6) is 0 Å². The lowest BCUT2D eigenvalue weighted by Gasteiger charge is -2.21. The lowest BCUT2D eigenvalue weighted by molar-refractivity contribution is 0.0686. The van der Waals surface area contributed by atoms with Crippen LogP contribution < -0.4 is 9.80 Å². The lowest BCUT2D eigenvalue weighted by Crippen LogP contribution is -2.29. The number of aliphatic hydroxyl groups is 1. The molecule has 3 amide bonds. The Hall–Kier alpha value is -6.49. The van der Waals surface area contributed by atoms with Crippen LogP contribution in [0.3, 0.4) is 0 Å². The molecule has 10 heteroatoms. The first-order valence-corrected chi connectivity index (χ1v) is 12.9. The number of rotatable bonds is 5. The maximum absolute atomic E-state index is 13.5. The van der Waals surface area contributed by atoms with Gasteiger partial charge in [0.15, 0.2) is 6.23 Å². The number of benzene rings is 4. The van der Waals surface area contributed by atoms with E-state index < -0.39 is 35.9 Å². The third-order valence-electron chi connectivity index (χ3n) is 7.44. The Bertz CT molecular complexity index is 2100. The number of amides is 3. The van der Waals surface area contributed by atoms with Crippen LogP contribution in [0.2, 0.25) is 0 Å². The van der Waals surface area contributed by atoms with Crippen LogP contribution in [-0.2, 0) is 0 Å². The molecule has 0 saturated heterocycles. The highest BCUT2D eigenvalue weighted by molar-refractivity contribution is 6.34. The predicted molar refractivity (Wildman–Crippen MR) is 157 cm³/mol. The van der Waals surface area contributed by atoms with E-state index in [2.05, 4.69) is 11.8 Å². The predicted octanol–water partition coefficient (Wildman–Crippen LogP) is 4.16. The highest BCUT2D eigenvalue weighted by Gasteiger charge is 2.39. The summed E-state index contributed by atoms with van der Waals surface area (Å²) in [5.41, 5.74) is 1.77. The quantitative estimate of drug-likeness (QED) is 0.234. The van der Waals surface area contributed by atoms with Crippen LogP contribution >= 0.6 is 0 Å². The molecule has 0 bridgehead atoms. The molecule has 0 fully saturated rings. The van der Waals surface area contributed by atoms with E-state index >= 15 is 0 Å². The maximum Gasteiger partial charge on any atom is 0.335 e. The molecule has 1 atom stereocenters. The Morgan fingerprint density at radius 1 is 0.636 bits per heavy atom. The first-order valence-electron chi connectivity index (χ1n) is 12.9. The van der Waals surface area contributed by atoms with E-state index in [-0.39, 0.29) is 55.9 Å². The van der Waals surface area contributed by atoms with Gasteiger partial charge in [0.05, 0.1) is 27.9 Å². The summed E-state index contributed by atoms with van der Waals surface area (Å²) in [6.07, 6.45) is 9.50. The fourth-order valence-electron chi connectivity index (χ4n) is 5.34. The van der Waals surface area contributed by atoms with Crippen molar-refractivity contribution in [3.8, 4) is 35.8 Å². The summed E-state index contributed by atoms with van der Waals surface area (Å²) in [7, 11) is 0. The standard InChI is InChI=1S/C34H18N2O8/c1-3-17-9-21(33(41)42)13-23(11-17)35-29(37)25-7-5-19(15-27(25)31(35)39)20-6-8-26-28(16-20)32(40)36(30(26)38)24-12-18(4-2)10-22(14-24)34(43)44/h1-2,5-16,29,37H,(H,41,42)(H,43,44). The summed E-state index contributed by atoms with van der Waals surface area (Å²) >= 11 is 0. The van der Waals surface area contributed by atoms with Gasteiger partial charge in [0, 0.05) is 27.9 Å². The summed E-state index contributed by atoms with van der Waals surface area (Å²) in [6.45, 7) is 0. The zero-order valence-electron chi connectivity index (χ0n) is 22.4. The van der Waals surface area contributed by atoms with Crippen LogP contribution in [0.25, 0.3) is 11.1 Å². The number of fused-ring (bicyclic) bond motifs is 2. The summed E-state index contributed by atoms with van der Waals surface area (Å²) in [6, 6.07) is 17.0. The van der Waals surface area contributed by atoms with Crippen molar-refractivity contribution < 1.29 is 39.3 Å². The minimum Gasteiger partial charge on any atom is -0.478 e. The fourth-order valence-corrected chi connectivity index (χ4v) is 5.34. The van der Waals surface area contributed by atoms with Gasteiger partial charge < -0.3 is 15.3 Å². The number of carbonyl (C=O) groups is 5. The second-order valence-corrected chi connectivity index (χ2v) is 9.99. The molecule has 4 aromatic carbocycles. The second-order valence-electron chi connectivity index (χ2n) is 9.99.